The molecule has 25 heavy (non-hydrogen) atoms. The Morgan fingerprint density at radius 3 is 2.68 bits per heavy atom. The van der Waals surface area contributed by atoms with Gasteiger partial charge in [-0.05, 0) is 38.5 Å². The van der Waals surface area contributed by atoms with Crippen molar-refractivity contribution in [3.05, 3.63) is 0 Å². The predicted octanol–water partition coefficient (Wildman–Crippen LogP) is -0.975. The Bertz CT molecular complexity index is 514. The fraction of sp³-hybridized carbons (Fsp3) is 0.875. The van der Waals surface area contributed by atoms with Gasteiger partial charge in [0, 0.05) is 25.0 Å². The summed E-state index contributed by atoms with van der Waals surface area (Å²) in [5.41, 5.74) is -1.01. The largest absolute Gasteiger partial charge is 0.480 e. The van der Waals surface area contributed by atoms with E-state index in [1.54, 1.807) is 0 Å². The Balaban J connectivity index is 1.65. The van der Waals surface area contributed by atoms with Crippen LogP contribution in [-0.2, 0) is 9.59 Å². The molecule has 0 spiro atoms. The quantitative estimate of drug-likeness (QED) is 0.295. The summed E-state index contributed by atoms with van der Waals surface area (Å²) in [6, 6.07) is -0.181. The van der Waals surface area contributed by atoms with Gasteiger partial charge in [0.1, 0.15) is 5.54 Å². The van der Waals surface area contributed by atoms with Crippen LogP contribution in [0, 0.1) is 5.92 Å². The summed E-state index contributed by atoms with van der Waals surface area (Å²) >= 11 is 0. The third kappa shape index (κ3) is 3.55. The summed E-state index contributed by atoms with van der Waals surface area (Å²) in [6.07, 6.45) is 4.44. The maximum atomic E-state index is 12.7. The number of hydrogen-bond acceptors (Lipinski definition) is 6. The number of carbonyl (C=O) groups is 2. The molecule has 0 unspecified atom stereocenters. The number of hydrogen-bond donors (Lipinski definition) is 5. The number of carbonyl (C=O) groups excluding carboxylic acids is 1. The lowest BCUT2D eigenvalue weighted by Gasteiger charge is -2.31. The Labute approximate surface area is 148 Å². The molecule has 0 bridgehead atoms. The molecule has 8 nitrogen and oxygen atoms in total. The number of carboxylic acid groups (broad SMARTS) is 1. The van der Waals surface area contributed by atoms with Gasteiger partial charge in [0.25, 0.3) is 0 Å². The molecule has 5 N–H and O–H groups in total. The third-order valence-corrected chi connectivity index (χ3v) is 6.11. The Hall–Kier alpha value is -1.16. The fourth-order valence-electron chi connectivity index (χ4n) is 4.81. The van der Waals surface area contributed by atoms with Crippen molar-refractivity contribution in [2.45, 2.75) is 62.5 Å². The van der Waals surface area contributed by atoms with Crippen molar-refractivity contribution in [2.24, 2.45) is 5.92 Å². The van der Waals surface area contributed by atoms with E-state index in [1.165, 1.54) is 0 Å². The Kier molecular flexibility index (Phi) is 5.67. The number of nitrogens with one attached hydrogen (secondary N) is 2. The first kappa shape index (κ1) is 18.6. The van der Waals surface area contributed by atoms with Crippen molar-refractivity contribution < 1.29 is 24.7 Å². The van der Waals surface area contributed by atoms with Crippen LogP contribution in [0.4, 0.5) is 0 Å². The summed E-state index contributed by atoms with van der Waals surface area (Å²) in [5.74, 6) is -0.844. The predicted molar refractivity (Wildman–Crippen MR) is 91.9 cm³/mol. The average Bonchev–Trinajstić information content (AvgIpc) is 3.28. The van der Waals surface area contributed by atoms with E-state index in [4.69, 9.17) is 10.0 Å². The molecular formula is C16H28BN3O5. The molecular weight excluding hydrogens is 325 g/mol. The van der Waals surface area contributed by atoms with Gasteiger partial charge >= 0.3 is 13.1 Å². The standard InChI is InChI=1S/C16H28BN3O5/c21-14(12-4-3-8-18-12)20-9-5-11-13(20)10-19-16(11,15(22)23)6-1-2-7-17(24)25/h11-13,18-19,24-25H,1-10H2,(H,22,23)/t11-,12-,13-,16+/m0/s1. The van der Waals surface area contributed by atoms with Crippen LogP contribution in [0.1, 0.15) is 38.5 Å². The molecule has 3 aliphatic heterocycles. The van der Waals surface area contributed by atoms with E-state index in [9.17, 15) is 14.7 Å². The van der Waals surface area contributed by atoms with Gasteiger partial charge in [0.2, 0.25) is 5.91 Å². The smallest absolute Gasteiger partial charge is 0.451 e. The van der Waals surface area contributed by atoms with Gasteiger partial charge in [-0.2, -0.15) is 0 Å². The van der Waals surface area contributed by atoms with E-state index in [1.807, 2.05) is 4.90 Å². The van der Waals surface area contributed by atoms with Crippen molar-refractivity contribution in [3.8, 4) is 0 Å². The lowest BCUT2D eigenvalue weighted by Crippen LogP contribution is -2.52. The van der Waals surface area contributed by atoms with Crippen LogP contribution in [0.5, 0.6) is 0 Å². The normalized spacial score (nSPS) is 34.3. The second-order valence-electron chi connectivity index (χ2n) is 7.53. The van der Waals surface area contributed by atoms with Crippen molar-refractivity contribution in [3.63, 3.8) is 0 Å². The lowest BCUT2D eigenvalue weighted by molar-refractivity contribution is -0.147. The minimum atomic E-state index is -1.34. The Morgan fingerprint density at radius 2 is 2.04 bits per heavy atom. The third-order valence-electron chi connectivity index (χ3n) is 6.11. The van der Waals surface area contributed by atoms with Gasteiger partial charge in [0.05, 0.1) is 6.04 Å². The minimum Gasteiger partial charge on any atom is -0.480 e. The average molecular weight is 353 g/mol. The zero-order valence-corrected chi connectivity index (χ0v) is 14.5. The molecule has 0 aromatic heterocycles. The first-order valence-electron chi connectivity index (χ1n) is 9.34. The molecule has 0 radical (unpaired) electrons. The maximum Gasteiger partial charge on any atom is 0.451 e. The van der Waals surface area contributed by atoms with Gasteiger partial charge < -0.3 is 25.4 Å². The van der Waals surface area contributed by atoms with E-state index in [0.717, 1.165) is 19.4 Å². The summed E-state index contributed by atoms with van der Waals surface area (Å²) in [4.78, 5) is 26.7. The molecule has 3 heterocycles. The highest BCUT2D eigenvalue weighted by molar-refractivity contribution is 6.40. The number of carboxylic acids is 1. The van der Waals surface area contributed by atoms with Crippen LogP contribution in [0.3, 0.4) is 0 Å². The number of unbranched alkanes of at least 4 members (excludes halogenated alkanes) is 1. The van der Waals surface area contributed by atoms with E-state index < -0.39 is 18.6 Å². The summed E-state index contributed by atoms with van der Waals surface area (Å²) in [7, 11) is -1.34. The molecule has 4 atom stereocenters. The lowest BCUT2D eigenvalue weighted by atomic mass is 9.77. The van der Waals surface area contributed by atoms with Crippen LogP contribution in [0.2, 0.25) is 6.32 Å². The first-order chi connectivity index (χ1) is 12.0. The number of amides is 1. The second-order valence-corrected chi connectivity index (χ2v) is 7.53. The topological polar surface area (TPSA) is 122 Å². The highest BCUT2D eigenvalue weighted by atomic mass is 16.4. The van der Waals surface area contributed by atoms with Crippen LogP contribution < -0.4 is 10.6 Å². The first-order valence-corrected chi connectivity index (χ1v) is 9.34. The van der Waals surface area contributed by atoms with E-state index >= 15 is 0 Å². The van der Waals surface area contributed by atoms with Crippen LogP contribution in [0.15, 0.2) is 0 Å². The molecule has 3 saturated heterocycles. The number of nitrogens with zero attached hydrogens (tertiary/aromatic N) is 1. The SMILES string of the molecule is O=C([C@@H]1CCCN1)N1CC[C@H]2[C@@H]1CN[C@@]2(CCCCB(O)O)C(=O)O. The molecule has 0 saturated carbocycles. The number of likely N-dealkylation sites (tertiary alicyclic amines) is 1. The molecule has 3 fully saturated rings. The van der Waals surface area contributed by atoms with Gasteiger partial charge in [-0.25, -0.2) is 0 Å². The van der Waals surface area contributed by atoms with Crippen molar-refractivity contribution in [1.29, 1.82) is 0 Å². The summed E-state index contributed by atoms with van der Waals surface area (Å²) < 4.78 is 0. The molecule has 0 aromatic carbocycles. The van der Waals surface area contributed by atoms with Crippen molar-refractivity contribution in [1.82, 2.24) is 15.5 Å². The zero-order valence-electron chi connectivity index (χ0n) is 14.5. The van der Waals surface area contributed by atoms with Crippen LogP contribution >= 0.6 is 0 Å². The molecule has 140 valence electrons. The van der Waals surface area contributed by atoms with E-state index in [2.05, 4.69) is 10.6 Å². The molecule has 1 amide bonds. The minimum absolute atomic E-state index is 0.0607. The van der Waals surface area contributed by atoms with Crippen molar-refractivity contribution >= 4 is 19.0 Å². The molecule has 9 heteroatoms. The Morgan fingerprint density at radius 1 is 1.24 bits per heavy atom. The maximum absolute atomic E-state index is 12.7. The summed E-state index contributed by atoms with van der Waals surface area (Å²) in [6.45, 7) is 2.00. The van der Waals surface area contributed by atoms with Gasteiger partial charge in [-0.15, -0.1) is 0 Å². The molecule has 0 aliphatic carbocycles. The molecule has 3 aliphatic rings. The van der Waals surface area contributed by atoms with Crippen molar-refractivity contribution in [2.75, 3.05) is 19.6 Å². The highest BCUT2D eigenvalue weighted by Gasteiger charge is 2.58. The van der Waals surface area contributed by atoms with Crippen LogP contribution in [-0.4, -0.2) is 76.3 Å². The number of aliphatic carboxylic acids is 1. The zero-order chi connectivity index (χ0) is 18.0. The number of fused-ring (bicyclic) bond motifs is 1. The molecule has 3 rings (SSSR count). The van der Waals surface area contributed by atoms with E-state index in [-0.39, 0.29) is 30.2 Å². The van der Waals surface area contributed by atoms with Gasteiger partial charge in [-0.3, -0.25) is 14.9 Å². The fourth-order valence-corrected chi connectivity index (χ4v) is 4.81. The second kappa shape index (κ2) is 7.61. The van der Waals surface area contributed by atoms with E-state index in [0.29, 0.717) is 38.8 Å². The van der Waals surface area contributed by atoms with Crippen LogP contribution in [0.25, 0.3) is 0 Å². The van der Waals surface area contributed by atoms with Gasteiger partial charge in [0.15, 0.2) is 0 Å². The summed E-state index contributed by atoms with van der Waals surface area (Å²) in [5, 5.41) is 34.2. The number of rotatable bonds is 7. The molecule has 0 aromatic rings. The highest BCUT2D eigenvalue weighted by Crippen LogP contribution is 2.41. The van der Waals surface area contributed by atoms with Gasteiger partial charge in [-0.1, -0.05) is 12.8 Å². The monoisotopic (exact) mass is 353 g/mol.